The second kappa shape index (κ2) is 4.12. The van der Waals surface area contributed by atoms with E-state index in [9.17, 15) is 4.79 Å². The molecule has 0 unspecified atom stereocenters. The van der Waals surface area contributed by atoms with Crippen molar-refractivity contribution < 1.29 is 9.53 Å². The third kappa shape index (κ3) is 1.75. The third-order valence-corrected chi connectivity index (χ3v) is 3.03. The molecular formula is C14H16O2. The highest BCUT2D eigenvalue weighted by molar-refractivity contribution is 6.09. The van der Waals surface area contributed by atoms with E-state index in [0.717, 1.165) is 35.5 Å². The Hall–Kier alpha value is -1.57. The van der Waals surface area contributed by atoms with Crippen LogP contribution in [-0.4, -0.2) is 12.4 Å². The Labute approximate surface area is 95.9 Å². The molecule has 1 aliphatic heterocycles. The van der Waals surface area contributed by atoms with E-state index in [2.05, 4.69) is 6.58 Å². The number of ketones is 1. The van der Waals surface area contributed by atoms with Crippen molar-refractivity contribution in [1.82, 2.24) is 0 Å². The molecule has 2 rings (SSSR count). The SMILES string of the molecule is C=C(CC)C(=O)c1cc2c(cc1C)OCC2. The van der Waals surface area contributed by atoms with Crippen LogP contribution in [0, 0.1) is 6.92 Å². The number of ether oxygens (including phenoxy) is 1. The van der Waals surface area contributed by atoms with Crippen LogP contribution in [-0.2, 0) is 6.42 Å². The quantitative estimate of drug-likeness (QED) is 0.573. The highest BCUT2D eigenvalue weighted by Crippen LogP contribution is 2.29. The van der Waals surface area contributed by atoms with Crippen molar-refractivity contribution in [1.29, 1.82) is 0 Å². The van der Waals surface area contributed by atoms with Gasteiger partial charge in [0.25, 0.3) is 0 Å². The van der Waals surface area contributed by atoms with E-state index in [1.165, 1.54) is 0 Å². The van der Waals surface area contributed by atoms with E-state index in [0.29, 0.717) is 12.0 Å². The van der Waals surface area contributed by atoms with Gasteiger partial charge in [0, 0.05) is 12.0 Å². The number of rotatable bonds is 3. The number of hydrogen-bond acceptors (Lipinski definition) is 2. The molecule has 0 bridgehead atoms. The summed E-state index contributed by atoms with van der Waals surface area (Å²) in [5.74, 6) is 0.992. The molecule has 0 N–H and O–H groups in total. The third-order valence-electron chi connectivity index (χ3n) is 3.03. The van der Waals surface area contributed by atoms with Crippen molar-refractivity contribution in [2.24, 2.45) is 0 Å². The van der Waals surface area contributed by atoms with E-state index in [4.69, 9.17) is 4.74 Å². The lowest BCUT2D eigenvalue weighted by molar-refractivity contribution is 0.103. The van der Waals surface area contributed by atoms with Crippen LogP contribution in [0.25, 0.3) is 0 Å². The molecule has 0 fully saturated rings. The first-order chi connectivity index (χ1) is 7.63. The van der Waals surface area contributed by atoms with Gasteiger partial charge in [0.05, 0.1) is 6.61 Å². The standard InChI is InChI=1S/C14H16O2/c1-4-9(2)14(15)12-8-11-5-6-16-13(11)7-10(12)3/h7-8H,2,4-6H2,1,3H3. The molecule has 2 heteroatoms. The van der Waals surface area contributed by atoms with Crippen LogP contribution < -0.4 is 4.74 Å². The molecular weight excluding hydrogens is 200 g/mol. The average molecular weight is 216 g/mol. The number of aryl methyl sites for hydroxylation is 1. The molecule has 84 valence electrons. The molecule has 0 aromatic heterocycles. The summed E-state index contributed by atoms with van der Waals surface area (Å²) in [6.07, 6.45) is 1.60. The second-order valence-electron chi connectivity index (χ2n) is 4.16. The van der Waals surface area contributed by atoms with Crippen molar-refractivity contribution in [3.8, 4) is 5.75 Å². The van der Waals surface area contributed by atoms with Gasteiger partial charge in [-0.25, -0.2) is 0 Å². The lowest BCUT2D eigenvalue weighted by atomic mass is 9.96. The molecule has 0 amide bonds. The van der Waals surface area contributed by atoms with Crippen LogP contribution in [0.3, 0.4) is 0 Å². The maximum Gasteiger partial charge on any atom is 0.188 e. The molecule has 0 saturated carbocycles. The highest BCUT2D eigenvalue weighted by atomic mass is 16.5. The first kappa shape index (κ1) is 10.9. The largest absolute Gasteiger partial charge is 0.493 e. The minimum atomic E-state index is 0.0645. The Bertz CT molecular complexity index is 458. The molecule has 1 aromatic rings. The van der Waals surface area contributed by atoms with Crippen LogP contribution in [0.15, 0.2) is 24.3 Å². The molecule has 16 heavy (non-hydrogen) atoms. The van der Waals surface area contributed by atoms with Crippen molar-refractivity contribution in [3.63, 3.8) is 0 Å². The summed E-state index contributed by atoms with van der Waals surface area (Å²) in [6.45, 7) is 8.42. The summed E-state index contributed by atoms with van der Waals surface area (Å²) in [7, 11) is 0. The lowest BCUT2D eigenvalue weighted by Crippen LogP contribution is -2.04. The number of benzene rings is 1. The smallest absolute Gasteiger partial charge is 0.188 e. The molecule has 1 heterocycles. The van der Waals surface area contributed by atoms with Gasteiger partial charge in [-0.2, -0.15) is 0 Å². The Morgan fingerprint density at radius 2 is 2.25 bits per heavy atom. The maximum absolute atomic E-state index is 12.1. The van der Waals surface area contributed by atoms with Gasteiger partial charge in [-0.05, 0) is 42.2 Å². The monoisotopic (exact) mass is 216 g/mol. The van der Waals surface area contributed by atoms with Crippen LogP contribution in [0.5, 0.6) is 5.75 Å². The molecule has 1 aliphatic rings. The predicted octanol–water partition coefficient (Wildman–Crippen LogP) is 3.08. The molecule has 2 nitrogen and oxygen atoms in total. The average Bonchev–Trinajstić information content (AvgIpc) is 2.72. The van der Waals surface area contributed by atoms with Gasteiger partial charge in [-0.15, -0.1) is 0 Å². The summed E-state index contributed by atoms with van der Waals surface area (Å²) in [5, 5.41) is 0. The molecule has 0 radical (unpaired) electrons. The van der Waals surface area contributed by atoms with E-state index in [1.54, 1.807) is 0 Å². The van der Waals surface area contributed by atoms with Crippen LogP contribution in [0.2, 0.25) is 0 Å². The first-order valence-corrected chi connectivity index (χ1v) is 5.62. The summed E-state index contributed by atoms with van der Waals surface area (Å²) in [4.78, 5) is 12.1. The van der Waals surface area contributed by atoms with E-state index >= 15 is 0 Å². The maximum atomic E-state index is 12.1. The van der Waals surface area contributed by atoms with Gasteiger partial charge in [0.2, 0.25) is 0 Å². The van der Waals surface area contributed by atoms with Crippen LogP contribution >= 0.6 is 0 Å². The van der Waals surface area contributed by atoms with Gasteiger partial charge < -0.3 is 4.74 Å². The molecule has 0 saturated heterocycles. The second-order valence-corrected chi connectivity index (χ2v) is 4.16. The molecule has 0 spiro atoms. The Balaban J connectivity index is 2.42. The van der Waals surface area contributed by atoms with Crippen molar-refractivity contribution >= 4 is 5.78 Å². The number of Topliss-reactive ketones (excluding diaryl/α,β-unsaturated/α-hetero) is 1. The number of allylic oxidation sites excluding steroid dienone is 1. The van der Waals surface area contributed by atoms with Gasteiger partial charge in [0.15, 0.2) is 5.78 Å². The number of fused-ring (bicyclic) bond motifs is 1. The predicted molar refractivity (Wildman–Crippen MR) is 64.1 cm³/mol. The topological polar surface area (TPSA) is 26.3 Å². The van der Waals surface area contributed by atoms with Gasteiger partial charge in [-0.3, -0.25) is 4.79 Å². The first-order valence-electron chi connectivity index (χ1n) is 5.62. The normalized spacial score (nSPS) is 13.1. The van der Waals surface area contributed by atoms with Crippen molar-refractivity contribution in [2.45, 2.75) is 26.7 Å². The zero-order chi connectivity index (χ0) is 11.7. The Morgan fingerprint density at radius 1 is 1.50 bits per heavy atom. The van der Waals surface area contributed by atoms with E-state index in [-0.39, 0.29) is 5.78 Å². The summed E-state index contributed by atoms with van der Waals surface area (Å²) < 4.78 is 5.47. The number of hydrogen-bond donors (Lipinski definition) is 0. The van der Waals surface area contributed by atoms with E-state index in [1.807, 2.05) is 26.0 Å². The van der Waals surface area contributed by atoms with Crippen molar-refractivity contribution in [2.75, 3.05) is 6.61 Å². The van der Waals surface area contributed by atoms with Crippen LogP contribution in [0.4, 0.5) is 0 Å². The number of carbonyl (C=O) groups excluding carboxylic acids is 1. The fourth-order valence-corrected chi connectivity index (χ4v) is 1.92. The fourth-order valence-electron chi connectivity index (χ4n) is 1.92. The molecule has 0 aliphatic carbocycles. The molecule has 0 atom stereocenters. The fraction of sp³-hybridized carbons (Fsp3) is 0.357. The van der Waals surface area contributed by atoms with Gasteiger partial charge in [0.1, 0.15) is 5.75 Å². The van der Waals surface area contributed by atoms with Gasteiger partial charge in [-0.1, -0.05) is 13.5 Å². The summed E-state index contributed by atoms with van der Waals surface area (Å²) in [5.41, 5.74) is 3.55. The Kier molecular flexibility index (Phi) is 2.82. The number of carbonyl (C=O) groups is 1. The van der Waals surface area contributed by atoms with Crippen molar-refractivity contribution in [3.05, 3.63) is 41.0 Å². The van der Waals surface area contributed by atoms with Crippen LogP contribution in [0.1, 0.15) is 34.8 Å². The summed E-state index contributed by atoms with van der Waals surface area (Å²) in [6, 6.07) is 3.92. The van der Waals surface area contributed by atoms with E-state index < -0.39 is 0 Å². The highest BCUT2D eigenvalue weighted by Gasteiger charge is 2.18. The zero-order valence-electron chi connectivity index (χ0n) is 9.80. The zero-order valence-corrected chi connectivity index (χ0v) is 9.80. The molecule has 1 aromatic carbocycles. The lowest BCUT2D eigenvalue weighted by Gasteiger charge is -2.08. The summed E-state index contributed by atoms with van der Waals surface area (Å²) >= 11 is 0. The van der Waals surface area contributed by atoms with Gasteiger partial charge >= 0.3 is 0 Å². The minimum absolute atomic E-state index is 0.0645. The minimum Gasteiger partial charge on any atom is -0.493 e. The Morgan fingerprint density at radius 3 is 2.94 bits per heavy atom.